The fourth-order valence-electron chi connectivity index (χ4n) is 12.1. The van der Waals surface area contributed by atoms with Crippen LogP contribution in [0.15, 0.2) is 36.5 Å². The maximum absolute atomic E-state index is 12.6. The number of amides is 1. The Bertz CT molecular complexity index is 1360. The van der Waals surface area contributed by atoms with Crippen molar-refractivity contribution in [3.05, 3.63) is 36.5 Å². The first kappa shape index (κ1) is 82.1. The van der Waals surface area contributed by atoms with Crippen molar-refractivity contribution >= 4 is 11.9 Å². The lowest BCUT2D eigenvalue weighted by Crippen LogP contribution is -2.45. The van der Waals surface area contributed by atoms with Crippen LogP contribution in [0.2, 0.25) is 0 Å². The number of nitrogens with one attached hydrogen (secondary N) is 1. The van der Waals surface area contributed by atoms with E-state index in [0.717, 1.165) is 51.4 Å². The average Bonchev–Trinajstić information content (AvgIpc) is 3.51. The van der Waals surface area contributed by atoms with Gasteiger partial charge in [-0.15, -0.1) is 0 Å². The second-order valence-electron chi connectivity index (χ2n) is 26.3. The second kappa shape index (κ2) is 73.5. The molecule has 0 aliphatic carbocycles. The molecule has 0 bridgehead atoms. The van der Waals surface area contributed by atoms with Crippen molar-refractivity contribution in [3.8, 4) is 0 Å². The van der Waals surface area contributed by atoms with E-state index in [1.807, 2.05) is 0 Å². The Morgan fingerprint density at radius 1 is 0.333 bits per heavy atom. The minimum absolute atomic E-state index is 0.00944. The fraction of sp³-hybridized carbons (Fsp3) is 0.897. The molecule has 0 aromatic carbocycles. The van der Waals surface area contributed by atoms with Gasteiger partial charge in [0.2, 0.25) is 5.91 Å². The number of esters is 1. The Morgan fingerprint density at radius 3 is 0.917 bits per heavy atom. The molecule has 0 aliphatic rings. The minimum Gasteiger partial charge on any atom is -0.466 e. The molecule has 0 aliphatic heterocycles. The Labute approximate surface area is 525 Å². The molecule has 2 atom stereocenters. The largest absolute Gasteiger partial charge is 0.466 e. The molecule has 0 fully saturated rings. The number of aliphatic hydroxyl groups excluding tert-OH is 2. The number of ether oxygens (including phenoxy) is 1. The molecule has 0 radical (unpaired) electrons. The molecule has 0 saturated heterocycles. The number of carbonyl (C=O) groups excluding carboxylic acids is 2. The molecule has 6 heteroatoms. The highest BCUT2D eigenvalue weighted by atomic mass is 16.5. The van der Waals surface area contributed by atoms with E-state index in [0.29, 0.717) is 25.9 Å². The van der Waals surface area contributed by atoms with Gasteiger partial charge in [0.05, 0.1) is 25.4 Å². The van der Waals surface area contributed by atoms with Crippen LogP contribution in [0.25, 0.3) is 0 Å². The highest BCUT2D eigenvalue weighted by Crippen LogP contribution is 2.19. The number of allylic oxidation sites excluding steroid dienone is 6. The average molecular weight is 1180 g/mol. The summed E-state index contributed by atoms with van der Waals surface area (Å²) in [6, 6.07) is -0.544. The molecule has 0 heterocycles. The zero-order valence-electron chi connectivity index (χ0n) is 56.9. The molecule has 3 N–H and O–H groups in total. The van der Waals surface area contributed by atoms with Crippen molar-refractivity contribution in [1.82, 2.24) is 5.32 Å². The maximum atomic E-state index is 12.6. The summed E-state index contributed by atoms with van der Waals surface area (Å²) in [5, 5.41) is 23.4. The quantitative estimate of drug-likeness (QED) is 0.0320. The predicted octanol–water partition coefficient (Wildman–Crippen LogP) is 25.0. The van der Waals surface area contributed by atoms with Gasteiger partial charge in [-0.2, -0.15) is 0 Å². The first-order valence-corrected chi connectivity index (χ1v) is 38.2. The van der Waals surface area contributed by atoms with E-state index < -0.39 is 12.1 Å². The Morgan fingerprint density at radius 2 is 0.595 bits per heavy atom. The Balaban J connectivity index is 3.40. The third-order valence-electron chi connectivity index (χ3n) is 17.9. The molecular weight excluding hydrogens is 1030 g/mol. The van der Waals surface area contributed by atoms with Gasteiger partial charge < -0.3 is 20.3 Å². The van der Waals surface area contributed by atoms with Gasteiger partial charge in [-0.1, -0.05) is 365 Å². The van der Waals surface area contributed by atoms with Crippen LogP contribution in [-0.2, 0) is 14.3 Å². The third-order valence-corrected chi connectivity index (χ3v) is 17.9. The number of carbonyl (C=O) groups is 2. The van der Waals surface area contributed by atoms with E-state index in [9.17, 15) is 19.8 Å². The Kier molecular flexibility index (Phi) is 71.9. The molecule has 84 heavy (non-hydrogen) atoms. The van der Waals surface area contributed by atoms with E-state index in [2.05, 4.69) is 55.6 Å². The van der Waals surface area contributed by atoms with Crippen molar-refractivity contribution in [2.24, 2.45) is 0 Å². The molecule has 2 unspecified atom stereocenters. The van der Waals surface area contributed by atoms with Crippen LogP contribution >= 0.6 is 0 Å². The minimum atomic E-state index is -0.667. The summed E-state index contributed by atoms with van der Waals surface area (Å²) in [6.07, 6.45) is 95.0. The summed E-state index contributed by atoms with van der Waals surface area (Å²) in [4.78, 5) is 24.7. The molecule has 1 amide bonds. The molecule has 0 rings (SSSR count). The fourth-order valence-corrected chi connectivity index (χ4v) is 12.1. The van der Waals surface area contributed by atoms with Crippen LogP contribution in [-0.4, -0.2) is 47.4 Å². The normalized spacial score (nSPS) is 12.7. The zero-order valence-corrected chi connectivity index (χ0v) is 56.9. The lowest BCUT2D eigenvalue weighted by atomic mass is 10.0. The molecule has 0 aromatic heterocycles. The summed E-state index contributed by atoms with van der Waals surface area (Å²) in [7, 11) is 0. The summed E-state index contributed by atoms with van der Waals surface area (Å²) in [5.41, 5.74) is 0. The first-order valence-electron chi connectivity index (χ1n) is 38.2. The Hall–Kier alpha value is -1.92. The molecular formula is C78H149NO5. The summed E-state index contributed by atoms with van der Waals surface area (Å²) in [5.74, 6) is -0.0221. The van der Waals surface area contributed by atoms with Crippen molar-refractivity contribution in [1.29, 1.82) is 0 Å². The zero-order chi connectivity index (χ0) is 60.6. The van der Waals surface area contributed by atoms with Crippen molar-refractivity contribution in [3.63, 3.8) is 0 Å². The van der Waals surface area contributed by atoms with Crippen LogP contribution in [0.4, 0.5) is 0 Å². The first-order chi connectivity index (χ1) is 41.5. The van der Waals surface area contributed by atoms with Gasteiger partial charge >= 0.3 is 5.97 Å². The van der Waals surface area contributed by atoms with Crippen molar-refractivity contribution in [2.45, 2.75) is 437 Å². The monoisotopic (exact) mass is 1180 g/mol. The lowest BCUT2D eigenvalue weighted by Gasteiger charge is -2.22. The van der Waals surface area contributed by atoms with Crippen LogP contribution in [0.3, 0.4) is 0 Å². The van der Waals surface area contributed by atoms with Gasteiger partial charge in [0.1, 0.15) is 0 Å². The number of unbranched alkanes of at least 4 members (excludes halogenated alkanes) is 55. The number of hydrogen-bond donors (Lipinski definition) is 3. The lowest BCUT2D eigenvalue weighted by molar-refractivity contribution is -0.143. The molecule has 6 nitrogen and oxygen atoms in total. The highest BCUT2D eigenvalue weighted by Gasteiger charge is 2.20. The standard InChI is InChI=1S/C78H149NO5/c1-3-5-7-9-11-13-15-17-19-21-22-32-35-39-42-46-50-54-58-62-66-70-76(81)75(74-80)79-77(82)71-67-63-59-55-51-47-43-40-36-33-30-28-26-24-23-25-27-29-31-34-37-41-45-49-53-57-61-65-69-73-84-78(83)72-68-64-60-56-52-48-44-38-20-18-16-14-12-10-8-6-4-2/h18,20,23,25,29,31,75-76,80-81H,3-17,19,21-22,24,26-28,30,32-74H2,1-2H3,(H,79,82)/b20-18-,25-23-,31-29-. The van der Waals surface area contributed by atoms with Crippen LogP contribution in [0.1, 0.15) is 425 Å². The molecule has 0 aromatic rings. The predicted molar refractivity (Wildman–Crippen MR) is 370 cm³/mol. The van der Waals surface area contributed by atoms with Gasteiger partial charge in [0, 0.05) is 12.8 Å². The van der Waals surface area contributed by atoms with E-state index in [-0.39, 0.29) is 18.5 Å². The summed E-state index contributed by atoms with van der Waals surface area (Å²) in [6.45, 7) is 4.99. The molecule has 0 spiro atoms. The maximum Gasteiger partial charge on any atom is 0.305 e. The van der Waals surface area contributed by atoms with Crippen LogP contribution in [0.5, 0.6) is 0 Å². The third kappa shape index (κ3) is 69.2. The van der Waals surface area contributed by atoms with Gasteiger partial charge in [-0.25, -0.2) is 0 Å². The van der Waals surface area contributed by atoms with Crippen LogP contribution in [0, 0.1) is 0 Å². The van der Waals surface area contributed by atoms with Gasteiger partial charge in [0.25, 0.3) is 0 Å². The van der Waals surface area contributed by atoms with Gasteiger partial charge in [-0.05, 0) is 83.5 Å². The van der Waals surface area contributed by atoms with E-state index in [1.54, 1.807) is 0 Å². The smallest absolute Gasteiger partial charge is 0.305 e. The second-order valence-corrected chi connectivity index (χ2v) is 26.3. The number of rotatable bonds is 72. The van der Waals surface area contributed by atoms with E-state index in [4.69, 9.17) is 4.74 Å². The van der Waals surface area contributed by atoms with E-state index in [1.165, 1.54) is 340 Å². The SMILES string of the molecule is CCCCCCCC/C=C\CCCCCCCCCC(=O)OCCCCCCCCCCC/C=C\C/C=C\CCCCCCCCCCCCCCCC(=O)NC(CO)C(O)CCCCCCCCCCCCCCCCCCCCCCC. The van der Waals surface area contributed by atoms with Crippen molar-refractivity contribution < 1.29 is 24.5 Å². The van der Waals surface area contributed by atoms with E-state index >= 15 is 0 Å². The molecule has 0 saturated carbocycles. The van der Waals surface area contributed by atoms with Crippen molar-refractivity contribution in [2.75, 3.05) is 13.2 Å². The number of aliphatic hydroxyl groups is 2. The van der Waals surface area contributed by atoms with Gasteiger partial charge in [-0.3, -0.25) is 9.59 Å². The summed E-state index contributed by atoms with van der Waals surface area (Å²) >= 11 is 0. The highest BCUT2D eigenvalue weighted by molar-refractivity contribution is 5.76. The number of hydrogen-bond acceptors (Lipinski definition) is 5. The van der Waals surface area contributed by atoms with Crippen LogP contribution < -0.4 is 5.32 Å². The summed E-state index contributed by atoms with van der Waals surface area (Å²) < 4.78 is 5.50. The topological polar surface area (TPSA) is 95.9 Å². The van der Waals surface area contributed by atoms with Gasteiger partial charge in [0.15, 0.2) is 0 Å². The molecule has 496 valence electrons.